The van der Waals surface area contributed by atoms with Gasteiger partial charge in [0.1, 0.15) is 0 Å². The molecule has 0 N–H and O–H groups in total. The van der Waals surface area contributed by atoms with Crippen molar-refractivity contribution in [3.63, 3.8) is 0 Å². The summed E-state index contributed by atoms with van der Waals surface area (Å²) < 4.78 is 6.10. The largest absolute Gasteiger partial charge is 0.338 e. The van der Waals surface area contributed by atoms with Gasteiger partial charge < -0.3 is 4.52 Å². The van der Waals surface area contributed by atoms with Crippen LogP contribution in [0.1, 0.15) is 57.0 Å². The molecule has 0 radical (unpaired) electrons. The maximum atomic E-state index is 11.8. The van der Waals surface area contributed by atoms with Crippen LogP contribution in [0.5, 0.6) is 0 Å². The Balaban J connectivity index is 1.66. The Morgan fingerprint density at radius 1 is 1.48 bits per heavy atom. The lowest BCUT2D eigenvalue weighted by Crippen LogP contribution is -2.30. The van der Waals surface area contributed by atoms with Crippen molar-refractivity contribution in [1.29, 1.82) is 0 Å². The molecule has 1 unspecified atom stereocenters. The average molecular weight is 353 g/mol. The molecule has 0 bridgehead atoms. The monoisotopic (exact) mass is 353 g/mol. The van der Waals surface area contributed by atoms with Crippen molar-refractivity contribution in [3.8, 4) is 0 Å². The number of aromatic nitrogens is 4. The lowest BCUT2D eigenvalue weighted by molar-refractivity contribution is -0.116. The number of anilines is 1. The van der Waals surface area contributed by atoms with Crippen molar-refractivity contribution in [2.75, 3.05) is 4.90 Å². The van der Waals surface area contributed by atoms with Crippen molar-refractivity contribution in [1.82, 2.24) is 20.3 Å². The Bertz CT molecular complexity index is 682. The van der Waals surface area contributed by atoms with Crippen molar-refractivity contribution >= 4 is 34.1 Å². The molecule has 23 heavy (non-hydrogen) atoms. The number of carbonyl (C=O) groups is 1. The zero-order valence-corrected chi connectivity index (χ0v) is 15.0. The molecule has 2 aromatic heterocycles. The molecule has 0 aliphatic heterocycles. The summed E-state index contributed by atoms with van der Waals surface area (Å²) in [6.07, 6.45) is 3.89. The molecule has 7 nitrogen and oxygen atoms in total. The summed E-state index contributed by atoms with van der Waals surface area (Å²) in [6, 6.07) is 0.295. The number of aryl methyl sites for hydroxylation is 1. The molecule has 3 rings (SSSR count). The lowest BCUT2D eigenvalue weighted by Gasteiger charge is -2.15. The van der Waals surface area contributed by atoms with Gasteiger partial charge in [0.2, 0.25) is 16.9 Å². The zero-order chi connectivity index (χ0) is 16.4. The van der Waals surface area contributed by atoms with E-state index in [1.165, 1.54) is 23.1 Å². The SMILES string of the molecule is CCCc1noc(C(C)Sc2nnc(N(C(C)=O)C3CC3)s2)n1. The fourth-order valence-corrected chi connectivity index (χ4v) is 4.32. The van der Waals surface area contributed by atoms with Crippen LogP contribution in [0.3, 0.4) is 0 Å². The quantitative estimate of drug-likeness (QED) is 0.558. The van der Waals surface area contributed by atoms with Crippen LogP contribution in [0.2, 0.25) is 0 Å². The van der Waals surface area contributed by atoms with Crippen LogP contribution < -0.4 is 4.90 Å². The van der Waals surface area contributed by atoms with E-state index >= 15 is 0 Å². The summed E-state index contributed by atoms with van der Waals surface area (Å²) in [5.41, 5.74) is 0. The number of amides is 1. The van der Waals surface area contributed by atoms with Gasteiger partial charge in [-0.1, -0.05) is 35.2 Å². The van der Waals surface area contributed by atoms with Crippen molar-refractivity contribution < 1.29 is 9.32 Å². The van der Waals surface area contributed by atoms with E-state index in [9.17, 15) is 4.79 Å². The van der Waals surface area contributed by atoms with Gasteiger partial charge in [-0.2, -0.15) is 4.98 Å². The van der Waals surface area contributed by atoms with E-state index in [1.807, 2.05) is 6.92 Å². The van der Waals surface area contributed by atoms with Crippen molar-refractivity contribution in [3.05, 3.63) is 11.7 Å². The molecular formula is C14H19N5O2S2. The summed E-state index contributed by atoms with van der Waals surface area (Å²) in [7, 11) is 0. The molecule has 1 fully saturated rings. The van der Waals surface area contributed by atoms with E-state index in [0.29, 0.717) is 17.1 Å². The maximum Gasteiger partial charge on any atom is 0.239 e. The number of rotatable bonds is 7. The number of hydrogen-bond donors (Lipinski definition) is 0. The highest BCUT2D eigenvalue weighted by Crippen LogP contribution is 2.40. The highest BCUT2D eigenvalue weighted by atomic mass is 32.2. The predicted molar refractivity (Wildman–Crippen MR) is 88.7 cm³/mol. The fourth-order valence-electron chi connectivity index (χ4n) is 2.19. The Morgan fingerprint density at radius 2 is 2.26 bits per heavy atom. The third-order valence-corrected chi connectivity index (χ3v) is 5.53. The van der Waals surface area contributed by atoms with Gasteiger partial charge in [0, 0.05) is 19.4 Å². The molecule has 9 heteroatoms. The summed E-state index contributed by atoms with van der Waals surface area (Å²) in [5.74, 6) is 1.36. The van der Waals surface area contributed by atoms with Gasteiger partial charge in [0.15, 0.2) is 10.2 Å². The second-order valence-electron chi connectivity index (χ2n) is 5.53. The first-order valence-corrected chi connectivity index (χ1v) is 9.40. The highest BCUT2D eigenvalue weighted by molar-refractivity contribution is 8.01. The third kappa shape index (κ3) is 3.89. The molecule has 1 aliphatic rings. The number of hydrogen-bond acceptors (Lipinski definition) is 8. The van der Waals surface area contributed by atoms with Gasteiger partial charge in [0.25, 0.3) is 0 Å². The van der Waals surface area contributed by atoms with Crippen molar-refractivity contribution in [2.45, 2.75) is 62.1 Å². The Kier molecular flexibility index (Phi) is 4.96. The first-order chi connectivity index (χ1) is 11.1. The van der Waals surface area contributed by atoms with Gasteiger partial charge in [-0.15, -0.1) is 10.2 Å². The van der Waals surface area contributed by atoms with E-state index in [-0.39, 0.29) is 11.2 Å². The highest BCUT2D eigenvalue weighted by Gasteiger charge is 2.34. The van der Waals surface area contributed by atoms with E-state index in [1.54, 1.807) is 11.8 Å². The van der Waals surface area contributed by atoms with Gasteiger partial charge in [0.05, 0.1) is 5.25 Å². The molecule has 2 heterocycles. The Morgan fingerprint density at radius 3 is 2.91 bits per heavy atom. The van der Waals surface area contributed by atoms with Crippen LogP contribution >= 0.6 is 23.1 Å². The summed E-state index contributed by atoms with van der Waals surface area (Å²) >= 11 is 2.95. The lowest BCUT2D eigenvalue weighted by atomic mass is 10.3. The van der Waals surface area contributed by atoms with Crippen LogP contribution in [-0.4, -0.2) is 32.3 Å². The summed E-state index contributed by atoms with van der Waals surface area (Å²) in [6.45, 7) is 5.65. The zero-order valence-electron chi connectivity index (χ0n) is 13.4. The standard InChI is InChI=1S/C14H19N5O2S2/c1-4-5-11-15-12(21-18-11)8(2)22-14-17-16-13(23-14)19(9(3)20)10-6-7-10/h8,10H,4-7H2,1-3H3. The van der Waals surface area contributed by atoms with Crippen LogP contribution in [0.15, 0.2) is 8.86 Å². The fraction of sp³-hybridized carbons (Fsp3) is 0.643. The molecule has 2 aromatic rings. The van der Waals surface area contributed by atoms with E-state index in [0.717, 1.165) is 35.8 Å². The van der Waals surface area contributed by atoms with Gasteiger partial charge in [-0.05, 0) is 26.2 Å². The van der Waals surface area contributed by atoms with Gasteiger partial charge in [-0.3, -0.25) is 9.69 Å². The Labute approximate surface area is 142 Å². The molecule has 0 saturated heterocycles. The average Bonchev–Trinajstić information content (AvgIpc) is 3.03. The van der Waals surface area contributed by atoms with E-state index < -0.39 is 0 Å². The molecular weight excluding hydrogens is 334 g/mol. The Hall–Kier alpha value is -1.48. The van der Waals surface area contributed by atoms with Crippen LogP contribution in [0, 0.1) is 0 Å². The molecule has 0 spiro atoms. The molecule has 124 valence electrons. The minimum Gasteiger partial charge on any atom is -0.338 e. The minimum atomic E-state index is 0.000564. The van der Waals surface area contributed by atoms with Crippen LogP contribution in [0.4, 0.5) is 5.13 Å². The first kappa shape index (κ1) is 16.4. The molecule has 1 atom stereocenters. The summed E-state index contributed by atoms with van der Waals surface area (Å²) in [5, 5.41) is 13.0. The van der Waals surface area contributed by atoms with Gasteiger partial charge in [-0.25, -0.2) is 0 Å². The second-order valence-corrected chi connectivity index (χ2v) is 8.07. The molecule has 1 saturated carbocycles. The van der Waals surface area contributed by atoms with E-state index in [4.69, 9.17) is 4.52 Å². The maximum absolute atomic E-state index is 11.8. The van der Waals surface area contributed by atoms with Crippen LogP contribution in [-0.2, 0) is 11.2 Å². The molecule has 1 amide bonds. The minimum absolute atomic E-state index is 0.000564. The third-order valence-electron chi connectivity index (χ3n) is 3.44. The predicted octanol–water partition coefficient (Wildman–Crippen LogP) is 3.24. The molecule has 0 aromatic carbocycles. The first-order valence-electron chi connectivity index (χ1n) is 7.71. The summed E-state index contributed by atoms with van der Waals surface area (Å²) in [4.78, 5) is 17.9. The van der Waals surface area contributed by atoms with Gasteiger partial charge >= 0.3 is 0 Å². The molecule has 1 aliphatic carbocycles. The number of carbonyl (C=O) groups excluding carboxylic acids is 1. The van der Waals surface area contributed by atoms with Crippen LogP contribution in [0.25, 0.3) is 0 Å². The second kappa shape index (κ2) is 6.96. The van der Waals surface area contributed by atoms with E-state index in [2.05, 4.69) is 27.3 Å². The normalized spacial score (nSPS) is 15.6. The smallest absolute Gasteiger partial charge is 0.239 e. The number of nitrogens with zero attached hydrogens (tertiary/aromatic N) is 5. The number of thioether (sulfide) groups is 1. The topological polar surface area (TPSA) is 85.0 Å². The van der Waals surface area contributed by atoms with Crippen molar-refractivity contribution in [2.24, 2.45) is 0 Å².